The lowest BCUT2D eigenvalue weighted by Gasteiger charge is -1.76. The van der Waals surface area contributed by atoms with Gasteiger partial charge in [0.25, 0.3) is 5.24 Å². The van der Waals surface area contributed by atoms with E-state index in [1.807, 2.05) is 6.08 Å². The summed E-state index contributed by atoms with van der Waals surface area (Å²) in [5.74, 6) is 0. The van der Waals surface area contributed by atoms with Gasteiger partial charge in [0.1, 0.15) is 9.77 Å². The zero-order valence-corrected chi connectivity index (χ0v) is 7.65. The van der Waals surface area contributed by atoms with Crippen molar-refractivity contribution < 1.29 is 4.79 Å². The molecular weight excluding hydrogens is 200 g/mol. The number of hydrogen-bond acceptors (Lipinski definition) is 3. The molecule has 0 unspecified atom stereocenters. The minimum Gasteiger partial charge on any atom is -0.275 e. The third-order valence-corrected chi connectivity index (χ3v) is 3.60. The van der Waals surface area contributed by atoms with Gasteiger partial charge in [0.05, 0.1) is 11.8 Å². The van der Waals surface area contributed by atoms with Gasteiger partial charge in [-0.05, 0) is 22.9 Å². The van der Waals surface area contributed by atoms with Gasteiger partial charge >= 0.3 is 0 Å². The van der Waals surface area contributed by atoms with Crippen LogP contribution >= 0.6 is 34.7 Å². The first kappa shape index (κ1) is 7.32. The molecular formula is C7H2ClOS2+. The van der Waals surface area contributed by atoms with Crippen molar-refractivity contribution in [3.63, 3.8) is 0 Å². The Kier molecular flexibility index (Phi) is 1.74. The average molecular weight is 202 g/mol. The van der Waals surface area contributed by atoms with Crippen LogP contribution < -0.4 is 0 Å². The van der Waals surface area contributed by atoms with Gasteiger partial charge in [0.15, 0.2) is 16.4 Å². The SMILES string of the molecule is O=C(Cl)c1cc2c(s1)C=[C+]S2. The van der Waals surface area contributed by atoms with Crippen LogP contribution in [0.25, 0.3) is 6.08 Å². The Morgan fingerprint density at radius 2 is 2.45 bits per heavy atom. The summed E-state index contributed by atoms with van der Waals surface area (Å²) < 4.78 is 0. The lowest BCUT2D eigenvalue weighted by Crippen LogP contribution is -1.79. The summed E-state index contributed by atoms with van der Waals surface area (Å²) in [6.45, 7) is 0. The molecule has 0 amide bonds. The van der Waals surface area contributed by atoms with Crippen molar-refractivity contribution in [2.24, 2.45) is 0 Å². The first-order valence-electron chi connectivity index (χ1n) is 2.86. The second-order valence-corrected chi connectivity index (χ2v) is 4.28. The monoisotopic (exact) mass is 201 g/mol. The van der Waals surface area contributed by atoms with Crippen LogP contribution in [0.2, 0.25) is 0 Å². The normalized spacial score (nSPS) is 12.8. The summed E-state index contributed by atoms with van der Waals surface area (Å²) in [5.41, 5.74) is 0. The molecule has 1 aromatic rings. The number of thioether (sulfide) groups is 1. The van der Waals surface area contributed by atoms with E-state index in [4.69, 9.17) is 11.6 Å². The lowest BCUT2D eigenvalue weighted by molar-refractivity contribution is 0.108. The third kappa shape index (κ3) is 1.21. The van der Waals surface area contributed by atoms with E-state index in [-0.39, 0.29) is 5.24 Å². The standard InChI is InChI=1S/C7H2ClOS2/c8-7(9)6-3-5-4(11-6)1-2-10-5/h1,3H/q+1. The van der Waals surface area contributed by atoms with E-state index >= 15 is 0 Å². The Bertz CT molecular complexity index is 340. The molecule has 54 valence electrons. The Morgan fingerprint density at radius 3 is 3.09 bits per heavy atom. The maximum atomic E-state index is 10.7. The molecule has 0 radical (unpaired) electrons. The number of fused-ring (bicyclic) bond motifs is 1. The van der Waals surface area contributed by atoms with E-state index in [0.29, 0.717) is 4.88 Å². The zero-order chi connectivity index (χ0) is 7.84. The van der Waals surface area contributed by atoms with E-state index in [1.54, 1.807) is 6.07 Å². The molecule has 2 heterocycles. The number of thiophene rings is 1. The highest BCUT2D eigenvalue weighted by atomic mass is 35.5. The summed E-state index contributed by atoms with van der Waals surface area (Å²) in [7, 11) is 0. The maximum absolute atomic E-state index is 10.7. The number of carbonyl (C=O) groups is 1. The summed E-state index contributed by atoms with van der Waals surface area (Å²) in [6.07, 6.45) is 1.87. The van der Waals surface area contributed by atoms with E-state index in [9.17, 15) is 4.79 Å². The van der Waals surface area contributed by atoms with Crippen LogP contribution in [0.3, 0.4) is 0 Å². The molecule has 1 aliphatic heterocycles. The second kappa shape index (κ2) is 2.61. The van der Waals surface area contributed by atoms with Crippen molar-refractivity contribution in [1.29, 1.82) is 0 Å². The highest BCUT2D eigenvalue weighted by Crippen LogP contribution is 2.38. The molecule has 4 heteroatoms. The number of halogens is 1. The van der Waals surface area contributed by atoms with Crippen molar-refractivity contribution in [3.8, 4) is 0 Å². The molecule has 2 rings (SSSR count). The molecule has 11 heavy (non-hydrogen) atoms. The summed E-state index contributed by atoms with van der Waals surface area (Å²) >= 11 is 8.21. The summed E-state index contributed by atoms with van der Waals surface area (Å²) in [5, 5.41) is 2.61. The van der Waals surface area contributed by atoms with Gasteiger partial charge in [-0.2, -0.15) is 0 Å². The molecule has 0 aromatic carbocycles. The van der Waals surface area contributed by atoms with Gasteiger partial charge in [-0.15, -0.1) is 0 Å². The van der Waals surface area contributed by atoms with Crippen LogP contribution in [0.5, 0.6) is 0 Å². The topological polar surface area (TPSA) is 17.1 Å². The van der Waals surface area contributed by atoms with E-state index < -0.39 is 0 Å². The summed E-state index contributed by atoms with van der Waals surface area (Å²) in [4.78, 5) is 13.5. The Labute approximate surface area is 77.1 Å². The Morgan fingerprint density at radius 1 is 1.64 bits per heavy atom. The predicted octanol–water partition coefficient (Wildman–Crippen LogP) is 3.01. The highest BCUT2D eigenvalue weighted by Gasteiger charge is 2.24. The number of hydrogen-bond donors (Lipinski definition) is 0. The molecule has 0 N–H and O–H groups in total. The van der Waals surface area contributed by atoms with E-state index in [2.05, 4.69) is 5.41 Å². The molecule has 1 aromatic heterocycles. The van der Waals surface area contributed by atoms with Crippen molar-refractivity contribution in [2.45, 2.75) is 4.90 Å². The van der Waals surface area contributed by atoms with Crippen LogP contribution in [0.4, 0.5) is 0 Å². The zero-order valence-electron chi connectivity index (χ0n) is 5.26. The van der Waals surface area contributed by atoms with E-state index in [0.717, 1.165) is 9.77 Å². The number of carbonyl (C=O) groups excluding carboxylic acids is 1. The summed E-state index contributed by atoms with van der Waals surface area (Å²) in [6, 6.07) is 1.80. The minimum atomic E-state index is -0.376. The smallest absolute Gasteiger partial charge is 0.264 e. The van der Waals surface area contributed by atoms with Crippen LogP contribution in [-0.2, 0) is 0 Å². The lowest BCUT2D eigenvalue weighted by atomic mass is 10.4. The fraction of sp³-hybridized carbons (Fsp3) is 0. The molecule has 0 atom stereocenters. The maximum Gasteiger partial charge on any atom is 0.264 e. The van der Waals surface area contributed by atoms with E-state index in [1.165, 1.54) is 23.1 Å². The quantitative estimate of drug-likeness (QED) is 0.513. The van der Waals surface area contributed by atoms with Crippen molar-refractivity contribution in [2.75, 3.05) is 0 Å². The average Bonchev–Trinajstić information content (AvgIpc) is 2.40. The number of rotatable bonds is 1. The van der Waals surface area contributed by atoms with Crippen LogP contribution in [0.15, 0.2) is 11.0 Å². The second-order valence-electron chi connectivity index (χ2n) is 1.98. The molecule has 1 aliphatic rings. The first-order valence-corrected chi connectivity index (χ1v) is 4.88. The van der Waals surface area contributed by atoms with Crippen molar-refractivity contribution in [3.05, 3.63) is 21.2 Å². The molecule has 1 nitrogen and oxygen atoms in total. The third-order valence-electron chi connectivity index (χ3n) is 1.28. The molecule has 0 spiro atoms. The fourth-order valence-electron chi connectivity index (χ4n) is 0.812. The van der Waals surface area contributed by atoms with Gasteiger partial charge in [-0.25, -0.2) is 0 Å². The first-order chi connectivity index (χ1) is 5.27. The Balaban J connectivity index is 2.49. The largest absolute Gasteiger partial charge is 0.275 e. The van der Waals surface area contributed by atoms with Crippen molar-refractivity contribution in [1.82, 2.24) is 0 Å². The van der Waals surface area contributed by atoms with Crippen LogP contribution in [0, 0.1) is 5.41 Å². The Hall–Kier alpha value is -0.340. The molecule has 0 bridgehead atoms. The molecule has 0 aliphatic carbocycles. The highest BCUT2D eigenvalue weighted by molar-refractivity contribution is 8.01. The molecule has 0 fully saturated rings. The van der Waals surface area contributed by atoms with Gasteiger partial charge in [0.2, 0.25) is 0 Å². The predicted molar refractivity (Wildman–Crippen MR) is 48.1 cm³/mol. The van der Waals surface area contributed by atoms with Gasteiger partial charge < -0.3 is 0 Å². The molecule has 0 saturated carbocycles. The van der Waals surface area contributed by atoms with Gasteiger partial charge in [-0.3, -0.25) is 4.79 Å². The minimum absolute atomic E-state index is 0.376. The van der Waals surface area contributed by atoms with Crippen LogP contribution in [0.1, 0.15) is 14.5 Å². The van der Waals surface area contributed by atoms with Crippen molar-refractivity contribution >= 4 is 46.0 Å². The van der Waals surface area contributed by atoms with Gasteiger partial charge in [-0.1, -0.05) is 0 Å². The van der Waals surface area contributed by atoms with Gasteiger partial charge in [0, 0.05) is 6.07 Å². The fourth-order valence-corrected chi connectivity index (χ4v) is 2.79. The van der Waals surface area contributed by atoms with Crippen LogP contribution in [-0.4, -0.2) is 5.24 Å². The molecule has 0 saturated heterocycles.